The third kappa shape index (κ3) is 0.703. The molecule has 4 aliphatic rings. The molecule has 3 nitrogen and oxygen atoms in total. The summed E-state index contributed by atoms with van der Waals surface area (Å²) in [5.74, 6) is -0.401. The fourth-order valence-electron chi connectivity index (χ4n) is 3.26. The first kappa shape index (κ1) is 8.21. The summed E-state index contributed by atoms with van der Waals surface area (Å²) in [5, 5.41) is 0. The topological polar surface area (TPSA) is 43.4 Å². The zero-order chi connectivity index (χ0) is 9.92. The van der Waals surface area contributed by atoms with Gasteiger partial charge in [-0.1, -0.05) is 12.2 Å². The normalized spacial score (nSPS) is 49.4. The van der Waals surface area contributed by atoms with Gasteiger partial charge in [-0.2, -0.15) is 0 Å². The zero-order valence-corrected chi connectivity index (χ0v) is 8.03. The standard InChI is InChI=1S/C11H12O3/c1-11-7-4-2-6(3-5-7)8(11)9(12)14-10(11)13/h2,4,6-8H,3,5H2,1H3/t6-,7+,8+,11+/m0/s1. The van der Waals surface area contributed by atoms with E-state index in [9.17, 15) is 9.59 Å². The highest BCUT2D eigenvalue weighted by Gasteiger charge is 2.63. The fourth-order valence-corrected chi connectivity index (χ4v) is 3.26. The molecule has 1 heterocycles. The van der Waals surface area contributed by atoms with E-state index in [0.29, 0.717) is 0 Å². The van der Waals surface area contributed by atoms with Gasteiger partial charge < -0.3 is 4.74 Å². The molecule has 0 aromatic heterocycles. The van der Waals surface area contributed by atoms with Crippen LogP contribution >= 0.6 is 0 Å². The molecular weight excluding hydrogens is 180 g/mol. The minimum absolute atomic E-state index is 0.205. The second-order valence-electron chi connectivity index (χ2n) is 4.70. The maximum Gasteiger partial charge on any atom is 0.320 e. The molecule has 0 unspecified atom stereocenters. The molecule has 0 radical (unpaired) electrons. The van der Waals surface area contributed by atoms with Crippen LogP contribution in [-0.2, 0) is 14.3 Å². The Kier molecular flexibility index (Phi) is 1.33. The van der Waals surface area contributed by atoms with Gasteiger partial charge in [-0.3, -0.25) is 9.59 Å². The Bertz CT molecular complexity index is 358. The van der Waals surface area contributed by atoms with Crippen LogP contribution in [0.5, 0.6) is 0 Å². The van der Waals surface area contributed by atoms with E-state index in [1.54, 1.807) is 0 Å². The lowest BCUT2D eigenvalue weighted by Gasteiger charge is -2.44. The van der Waals surface area contributed by atoms with Crippen molar-refractivity contribution >= 4 is 11.9 Å². The summed E-state index contributed by atoms with van der Waals surface area (Å²) >= 11 is 0. The van der Waals surface area contributed by atoms with Gasteiger partial charge in [0.15, 0.2) is 0 Å². The zero-order valence-electron chi connectivity index (χ0n) is 8.03. The Morgan fingerprint density at radius 2 is 2.14 bits per heavy atom. The first-order valence-electron chi connectivity index (χ1n) is 5.08. The lowest BCUT2D eigenvalue weighted by molar-refractivity contribution is -0.155. The largest absolute Gasteiger partial charge is 0.392 e. The number of hydrogen-bond acceptors (Lipinski definition) is 3. The lowest BCUT2D eigenvalue weighted by Crippen LogP contribution is -2.47. The van der Waals surface area contributed by atoms with Crippen LogP contribution in [0.4, 0.5) is 0 Å². The van der Waals surface area contributed by atoms with Gasteiger partial charge in [-0.05, 0) is 31.6 Å². The van der Waals surface area contributed by atoms with E-state index in [0.717, 1.165) is 12.8 Å². The molecule has 74 valence electrons. The molecule has 0 N–H and O–H groups in total. The maximum absolute atomic E-state index is 11.7. The van der Waals surface area contributed by atoms with Gasteiger partial charge in [-0.15, -0.1) is 0 Å². The monoisotopic (exact) mass is 192 g/mol. The van der Waals surface area contributed by atoms with E-state index >= 15 is 0 Å². The Hall–Kier alpha value is -1.12. The number of fused-ring (bicyclic) bond motifs is 1. The molecule has 1 aliphatic heterocycles. The van der Waals surface area contributed by atoms with Gasteiger partial charge in [0, 0.05) is 0 Å². The molecular formula is C11H12O3. The maximum atomic E-state index is 11.7. The lowest BCUT2D eigenvalue weighted by atomic mass is 9.55. The summed E-state index contributed by atoms with van der Waals surface area (Å²) in [4.78, 5) is 23.2. The first-order chi connectivity index (χ1) is 6.64. The van der Waals surface area contributed by atoms with Crippen molar-refractivity contribution in [2.75, 3.05) is 0 Å². The van der Waals surface area contributed by atoms with Crippen molar-refractivity contribution in [2.45, 2.75) is 19.8 Å². The predicted octanol–water partition coefficient (Wildman–Crippen LogP) is 1.29. The van der Waals surface area contributed by atoms with E-state index in [4.69, 9.17) is 4.74 Å². The van der Waals surface area contributed by atoms with Crippen LogP contribution in [0, 0.1) is 23.2 Å². The Labute approximate surface area is 82.1 Å². The van der Waals surface area contributed by atoms with Crippen LogP contribution < -0.4 is 0 Å². The number of hydrogen-bond donors (Lipinski definition) is 0. The van der Waals surface area contributed by atoms with Crippen LogP contribution in [0.25, 0.3) is 0 Å². The van der Waals surface area contributed by atoms with Gasteiger partial charge >= 0.3 is 11.9 Å². The van der Waals surface area contributed by atoms with Crippen molar-refractivity contribution in [3.05, 3.63) is 12.2 Å². The summed E-state index contributed by atoms with van der Waals surface area (Å²) in [6, 6.07) is 0. The Balaban J connectivity index is 2.16. The number of rotatable bonds is 0. The summed E-state index contributed by atoms with van der Waals surface area (Å²) in [5.41, 5.74) is -0.561. The number of esters is 2. The highest BCUT2D eigenvalue weighted by Crippen LogP contribution is 2.56. The van der Waals surface area contributed by atoms with E-state index < -0.39 is 5.41 Å². The van der Waals surface area contributed by atoms with Gasteiger partial charge in [0.05, 0.1) is 11.3 Å². The van der Waals surface area contributed by atoms with Gasteiger partial charge in [0.25, 0.3) is 0 Å². The van der Waals surface area contributed by atoms with E-state index in [1.165, 1.54) is 0 Å². The van der Waals surface area contributed by atoms with Crippen molar-refractivity contribution < 1.29 is 14.3 Å². The first-order valence-corrected chi connectivity index (χ1v) is 5.08. The van der Waals surface area contributed by atoms with Gasteiger partial charge in [0.1, 0.15) is 0 Å². The minimum Gasteiger partial charge on any atom is -0.392 e. The predicted molar refractivity (Wildman–Crippen MR) is 48.1 cm³/mol. The van der Waals surface area contributed by atoms with E-state index in [2.05, 4.69) is 12.2 Å². The summed E-state index contributed by atoms with van der Waals surface area (Å²) in [6.45, 7) is 1.88. The molecule has 1 saturated carbocycles. The summed E-state index contributed by atoms with van der Waals surface area (Å²) in [6.07, 6.45) is 6.20. The second-order valence-corrected chi connectivity index (χ2v) is 4.70. The number of carbonyl (C=O) groups is 2. The summed E-state index contributed by atoms with van der Waals surface area (Å²) < 4.78 is 4.77. The minimum atomic E-state index is -0.561. The number of cyclic esters (lactones) is 2. The molecule has 4 rings (SSSR count). The molecule has 0 amide bonds. The molecule has 2 bridgehead atoms. The molecule has 0 spiro atoms. The summed E-state index contributed by atoms with van der Waals surface area (Å²) in [7, 11) is 0. The molecule has 4 atom stereocenters. The quantitative estimate of drug-likeness (QED) is 0.330. The van der Waals surface area contributed by atoms with E-state index in [1.807, 2.05) is 6.92 Å². The Morgan fingerprint density at radius 1 is 1.36 bits per heavy atom. The van der Waals surface area contributed by atoms with Gasteiger partial charge in [0.2, 0.25) is 0 Å². The van der Waals surface area contributed by atoms with Crippen molar-refractivity contribution in [3.8, 4) is 0 Å². The van der Waals surface area contributed by atoms with Crippen LogP contribution in [0.2, 0.25) is 0 Å². The third-order valence-electron chi connectivity index (χ3n) is 4.13. The van der Waals surface area contributed by atoms with Crippen molar-refractivity contribution in [2.24, 2.45) is 23.2 Å². The molecule has 0 aromatic rings. The van der Waals surface area contributed by atoms with Crippen LogP contribution in [0.3, 0.4) is 0 Å². The molecule has 14 heavy (non-hydrogen) atoms. The molecule has 3 aliphatic carbocycles. The van der Waals surface area contributed by atoms with Crippen molar-refractivity contribution in [3.63, 3.8) is 0 Å². The van der Waals surface area contributed by atoms with Crippen LogP contribution in [-0.4, -0.2) is 11.9 Å². The fraction of sp³-hybridized carbons (Fsp3) is 0.636. The highest BCUT2D eigenvalue weighted by atomic mass is 16.6. The van der Waals surface area contributed by atoms with Crippen LogP contribution in [0.15, 0.2) is 12.2 Å². The van der Waals surface area contributed by atoms with Crippen molar-refractivity contribution in [1.82, 2.24) is 0 Å². The number of carbonyl (C=O) groups excluding carboxylic acids is 2. The second kappa shape index (κ2) is 2.27. The number of ether oxygens (including phenoxy) is 1. The van der Waals surface area contributed by atoms with Crippen LogP contribution in [0.1, 0.15) is 19.8 Å². The third-order valence-corrected chi connectivity index (χ3v) is 4.13. The average Bonchev–Trinajstić information content (AvgIpc) is 2.42. The molecule has 2 fully saturated rings. The number of allylic oxidation sites excluding steroid dienone is 2. The smallest absolute Gasteiger partial charge is 0.320 e. The highest BCUT2D eigenvalue weighted by molar-refractivity contribution is 6.00. The molecule has 1 saturated heterocycles. The van der Waals surface area contributed by atoms with E-state index in [-0.39, 0.29) is 29.7 Å². The molecule has 3 heteroatoms. The van der Waals surface area contributed by atoms with Gasteiger partial charge in [-0.25, -0.2) is 0 Å². The van der Waals surface area contributed by atoms with Crippen molar-refractivity contribution in [1.29, 1.82) is 0 Å². The average molecular weight is 192 g/mol. The molecule has 0 aromatic carbocycles. The Morgan fingerprint density at radius 3 is 2.71 bits per heavy atom. The SMILES string of the molecule is C[C@]12C(=O)OC(=O)[C@H]1[C@H]1C=C[C@@H]2CC1.